The molecule has 4 aromatic rings. The number of hydrogen-bond donors (Lipinski definition) is 0. The van der Waals surface area contributed by atoms with Crippen LogP contribution in [-0.4, -0.2) is 47.6 Å². The van der Waals surface area contributed by atoms with E-state index >= 15 is 0 Å². The highest BCUT2D eigenvalue weighted by Crippen LogP contribution is 2.33. The Kier molecular flexibility index (Phi) is 6.15. The van der Waals surface area contributed by atoms with Gasteiger partial charge in [-0.15, -0.1) is 11.3 Å². The summed E-state index contributed by atoms with van der Waals surface area (Å²) in [6, 6.07) is 11.9. The largest absolute Gasteiger partial charge is 0.494 e. The zero-order valence-electron chi connectivity index (χ0n) is 19.5. The molecule has 0 unspecified atom stereocenters. The van der Waals surface area contributed by atoms with Crippen LogP contribution in [0.3, 0.4) is 0 Å². The zero-order chi connectivity index (χ0) is 23.7. The van der Waals surface area contributed by atoms with Gasteiger partial charge in [-0.1, -0.05) is 0 Å². The lowest BCUT2D eigenvalue weighted by atomic mass is 9.98. The van der Waals surface area contributed by atoms with Crippen molar-refractivity contribution >= 4 is 22.2 Å². The van der Waals surface area contributed by atoms with Crippen molar-refractivity contribution in [3.05, 3.63) is 64.8 Å². The predicted octanol–water partition coefficient (Wildman–Crippen LogP) is 4.61. The van der Waals surface area contributed by atoms with E-state index in [4.69, 9.17) is 19.2 Å². The Bertz CT molecular complexity index is 1330. The molecule has 0 atom stereocenters. The maximum atomic E-state index is 13.2. The second kappa shape index (κ2) is 9.38. The molecule has 0 aliphatic carbocycles. The van der Waals surface area contributed by atoms with Crippen molar-refractivity contribution in [3.63, 3.8) is 0 Å². The first-order chi connectivity index (χ1) is 16.6. The van der Waals surface area contributed by atoms with Crippen LogP contribution < -0.4 is 14.2 Å². The molecule has 1 aliphatic rings. The topological polar surface area (TPSA) is 65.3 Å². The molecule has 0 radical (unpaired) electrons. The Morgan fingerprint density at radius 3 is 2.53 bits per heavy atom. The number of aromatic nitrogens is 2. The summed E-state index contributed by atoms with van der Waals surface area (Å²) in [7, 11) is 3.27. The number of carbonyl (C=O) groups excluding carboxylic acids is 1. The first-order valence-corrected chi connectivity index (χ1v) is 12.2. The fraction of sp³-hybridized carbons (Fsp3) is 0.308. The van der Waals surface area contributed by atoms with Crippen molar-refractivity contribution < 1.29 is 19.0 Å². The summed E-state index contributed by atoms with van der Waals surface area (Å²) in [4.78, 5) is 20.8. The van der Waals surface area contributed by atoms with Gasteiger partial charge in [0.2, 0.25) is 5.91 Å². The minimum absolute atomic E-state index is 0.108. The zero-order valence-corrected chi connectivity index (χ0v) is 20.4. The normalized spacial score (nSPS) is 13.1. The molecule has 0 spiro atoms. The number of amides is 1. The Hall–Kier alpha value is -3.52. The SMILES string of the molecule is CCOc1ccc(-c2cn3c(CC(=O)N4CCc5cc(OC)c(OC)cc5C4)csc3n2)cc1. The second-order valence-electron chi connectivity index (χ2n) is 8.18. The summed E-state index contributed by atoms with van der Waals surface area (Å²) in [5.74, 6) is 2.37. The monoisotopic (exact) mass is 477 g/mol. The average molecular weight is 478 g/mol. The summed E-state index contributed by atoms with van der Waals surface area (Å²) < 4.78 is 18.4. The summed E-state index contributed by atoms with van der Waals surface area (Å²) in [5.41, 5.74) is 5.17. The fourth-order valence-electron chi connectivity index (χ4n) is 4.35. The van der Waals surface area contributed by atoms with Crippen LogP contribution in [0, 0.1) is 0 Å². The lowest BCUT2D eigenvalue weighted by Crippen LogP contribution is -2.37. The maximum absolute atomic E-state index is 13.2. The molecule has 1 amide bonds. The Morgan fingerprint density at radius 2 is 1.82 bits per heavy atom. The van der Waals surface area contributed by atoms with Crippen molar-refractivity contribution in [2.24, 2.45) is 0 Å². The van der Waals surface area contributed by atoms with Crippen molar-refractivity contribution in [1.29, 1.82) is 0 Å². The van der Waals surface area contributed by atoms with Crippen molar-refractivity contribution in [2.45, 2.75) is 26.3 Å². The number of carbonyl (C=O) groups is 1. The first-order valence-electron chi connectivity index (χ1n) is 11.3. The number of imidazole rings is 1. The van der Waals surface area contributed by atoms with E-state index in [1.807, 2.05) is 64.2 Å². The van der Waals surface area contributed by atoms with E-state index < -0.39 is 0 Å². The van der Waals surface area contributed by atoms with Crippen molar-refractivity contribution in [2.75, 3.05) is 27.4 Å². The lowest BCUT2D eigenvalue weighted by molar-refractivity contribution is -0.131. The average Bonchev–Trinajstić information content (AvgIpc) is 3.45. The smallest absolute Gasteiger partial charge is 0.228 e. The minimum Gasteiger partial charge on any atom is -0.494 e. The van der Waals surface area contributed by atoms with Crippen LogP contribution in [-0.2, 0) is 24.2 Å². The third-order valence-corrected chi connectivity index (χ3v) is 7.04. The van der Waals surface area contributed by atoms with Gasteiger partial charge in [0.25, 0.3) is 0 Å². The van der Waals surface area contributed by atoms with Crippen LogP contribution >= 0.6 is 11.3 Å². The molecule has 1 aliphatic heterocycles. The number of ether oxygens (including phenoxy) is 3. The molecular weight excluding hydrogens is 450 g/mol. The van der Waals surface area contributed by atoms with E-state index in [0.29, 0.717) is 31.9 Å². The lowest BCUT2D eigenvalue weighted by Gasteiger charge is -2.29. The van der Waals surface area contributed by atoms with Crippen LogP contribution in [0.25, 0.3) is 16.2 Å². The molecule has 2 aromatic heterocycles. The molecule has 3 heterocycles. The molecule has 5 rings (SSSR count). The number of methoxy groups -OCH3 is 2. The minimum atomic E-state index is 0.108. The van der Waals surface area contributed by atoms with Crippen LogP contribution in [0.5, 0.6) is 17.2 Å². The number of benzene rings is 2. The summed E-state index contributed by atoms with van der Waals surface area (Å²) in [6.07, 6.45) is 3.14. The van der Waals surface area contributed by atoms with Gasteiger partial charge in [-0.2, -0.15) is 0 Å². The van der Waals surface area contributed by atoms with E-state index in [1.165, 1.54) is 5.56 Å². The molecule has 2 aromatic carbocycles. The van der Waals surface area contributed by atoms with E-state index in [9.17, 15) is 4.79 Å². The summed E-state index contributed by atoms with van der Waals surface area (Å²) in [6.45, 7) is 3.87. The maximum Gasteiger partial charge on any atom is 0.228 e. The number of thiazole rings is 1. The van der Waals surface area contributed by atoms with Crippen LogP contribution in [0.2, 0.25) is 0 Å². The molecule has 176 valence electrons. The molecule has 0 saturated carbocycles. The van der Waals surface area contributed by atoms with Gasteiger partial charge in [0.15, 0.2) is 16.5 Å². The summed E-state index contributed by atoms with van der Waals surface area (Å²) in [5, 5.41) is 2.02. The van der Waals surface area contributed by atoms with Gasteiger partial charge in [-0.3, -0.25) is 9.20 Å². The highest BCUT2D eigenvalue weighted by Gasteiger charge is 2.24. The molecule has 0 bridgehead atoms. The van der Waals surface area contributed by atoms with Gasteiger partial charge in [-0.25, -0.2) is 4.98 Å². The highest BCUT2D eigenvalue weighted by molar-refractivity contribution is 7.15. The molecule has 0 fully saturated rings. The molecule has 8 heteroatoms. The van der Waals surface area contributed by atoms with Crippen molar-refractivity contribution in [3.8, 4) is 28.5 Å². The van der Waals surface area contributed by atoms with E-state index in [1.54, 1.807) is 25.6 Å². The standard InChI is InChI=1S/C26H27N3O4S/c1-4-33-21-7-5-17(6-8-21)22-15-29-20(16-34-26(29)27-22)13-25(30)28-10-9-18-11-23(31-2)24(32-3)12-19(18)14-28/h5-8,11-12,15-16H,4,9-10,13-14H2,1-3H3. The molecule has 0 saturated heterocycles. The van der Waals surface area contributed by atoms with Gasteiger partial charge >= 0.3 is 0 Å². The summed E-state index contributed by atoms with van der Waals surface area (Å²) >= 11 is 1.55. The third-order valence-electron chi connectivity index (χ3n) is 6.15. The van der Waals surface area contributed by atoms with Crippen LogP contribution in [0.1, 0.15) is 23.7 Å². The molecule has 0 N–H and O–H groups in total. The number of nitrogens with zero attached hydrogens (tertiary/aromatic N) is 3. The fourth-order valence-corrected chi connectivity index (χ4v) is 5.22. The van der Waals surface area contributed by atoms with Gasteiger partial charge < -0.3 is 19.1 Å². The van der Waals surface area contributed by atoms with Gasteiger partial charge in [0.05, 0.1) is 32.9 Å². The second-order valence-corrected chi connectivity index (χ2v) is 9.02. The van der Waals surface area contributed by atoms with E-state index in [-0.39, 0.29) is 5.91 Å². The molecular formula is C26H27N3O4S. The van der Waals surface area contributed by atoms with Gasteiger partial charge in [0, 0.05) is 35.9 Å². The van der Waals surface area contributed by atoms with E-state index in [0.717, 1.165) is 45.4 Å². The Balaban J connectivity index is 1.32. The number of rotatable bonds is 7. The molecule has 34 heavy (non-hydrogen) atoms. The number of hydrogen-bond acceptors (Lipinski definition) is 6. The van der Waals surface area contributed by atoms with Crippen molar-refractivity contribution in [1.82, 2.24) is 14.3 Å². The van der Waals surface area contributed by atoms with Gasteiger partial charge in [-0.05, 0) is 60.9 Å². The number of fused-ring (bicyclic) bond motifs is 2. The van der Waals surface area contributed by atoms with Gasteiger partial charge in [0.1, 0.15) is 5.75 Å². The quantitative estimate of drug-likeness (QED) is 0.389. The molecule has 7 nitrogen and oxygen atoms in total. The Morgan fingerprint density at radius 1 is 1.09 bits per heavy atom. The van der Waals surface area contributed by atoms with Crippen LogP contribution in [0.4, 0.5) is 0 Å². The highest BCUT2D eigenvalue weighted by atomic mass is 32.1. The van der Waals surface area contributed by atoms with E-state index in [2.05, 4.69) is 0 Å². The predicted molar refractivity (Wildman–Crippen MR) is 132 cm³/mol. The first kappa shape index (κ1) is 22.3. The van der Waals surface area contributed by atoms with Crippen LogP contribution in [0.15, 0.2) is 48.0 Å². The Labute approximate surface area is 202 Å². The third kappa shape index (κ3) is 4.21.